The molecule has 0 aromatic heterocycles. The molecular weight excluding hydrogens is 238 g/mol. The first-order valence-electron chi connectivity index (χ1n) is 6.48. The first kappa shape index (κ1) is 13.4. The van der Waals surface area contributed by atoms with Crippen molar-refractivity contribution in [2.75, 3.05) is 5.32 Å². The van der Waals surface area contributed by atoms with Gasteiger partial charge in [-0.2, -0.15) is 0 Å². The second-order valence-corrected chi connectivity index (χ2v) is 5.04. The second-order valence-electron chi connectivity index (χ2n) is 5.04. The lowest BCUT2D eigenvalue weighted by atomic mass is 9.93. The second kappa shape index (κ2) is 5.31. The van der Waals surface area contributed by atoms with Crippen LogP contribution in [0.15, 0.2) is 41.6 Å². The van der Waals surface area contributed by atoms with E-state index in [0.29, 0.717) is 5.57 Å². The number of nitrogens with one attached hydrogen (secondary N) is 1. The number of hydrogen-bond donors (Lipinski definition) is 2. The fourth-order valence-corrected chi connectivity index (χ4v) is 2.27. The molecule has 1 aliphatic rings. The number of anilines is 1. The Bertz CT molecular complexity index is 570. The molecule has 1 aromatic rings. The normalized spacial score (nSPS) is 18.6. The van der Waals surface area contributed by atoms with Gasteiger partial charge in [0.2, 0.25) is 0 Å². The summed E-state index contributed by atoms with van der Waals surface area (Å²) in [7, 11) is 0. The zero-order valence-electron chi connectivity index (χ0n) is 11.5. The molecule has 2 N–H and O–H groups in total. The van der Waals surface area contributed by atoms with E-state index in [2.05, 4.69) is 18.3 Å². The van der Waals surface area contributed by atoms with Crippen molar-refractivity contribution in [3.63, 3.8) is 0 Å². The molecule has 1 aromatic carbocycles. The van der Waals surface area contributed by atoms with Crippen molar-refractivity contribution in [2.24, 2.45) is 5.92 Å². The fourth-order valence-electron chi connectivity index (χ4n) is 2.27. The highest BCUT2D eigenvalue weighted by Gasteiger charge is 2.21. The highest BCUT2D eigenvalue weighted by Crippen LogP contribution is 2.28. The lowest BCUT2D eigenvalue weighted by Gasteiger charge is -2.23. The SMILES string of the molecule is Cc1cccc(NC2=C(C(=O)O)C=CCC2C)c1C. The molecule has 0 saturated carbocycles. The van der Waals surface area contributed by atoms with E-state index in [9.17, 15) is 9.90 Å². The van der Waals surface area contributed by atoms with Crippen LogP contribution in [0, 0.1) is 19.8 Å². The summed E-state index contributed by atoms with van der Waals surface area (Å²) in [6.45, 7) is 6.14. The third-order valence-electron chi connectivity index (χ3n) is 3.66. The van der Waals surface area contributed by atoms with Crippen LogP contribution in [-0.2, 0) is 4.79 Å². The van der Waals surface area contributed by atoms with E-state index < -0.39 is 5.97 Å². The third kappa shape index (κ3) is 2.70. The van der Waals surface area contributed by atoms with Crippen LogP contribution >= 0.6 is 0 Å². The molecule has 3 heteroatoms. The summed E-state index contributed by atoms with van der Waals surface area (Å²) in [5.41, 5.74) is 4.49. The molecule has 1 aliphatic carbocycles. The number of carbonyl (C=O) groups is 1. The van der Waals surface area contributed by atoms with E-state index in [0.717, 1.165) is 23.4 Å². The molecule has 0 heterocycles. The van der Waals surface area contributed by atoms with Crippen molar-refractivity contribution < 1.29 is 9.90 Å². The highest BCUT2D eigenvalue weighted by atomic mass is 16.4. The van der Waals surface area contributed by atoms with Crippen LogP contribution in [0.2, 0.25) is 0 Å². The summed E-state index contributed by atoms with van der Waals surface area (Å²) in [5.74, 6) is -0.688. The lowest BCUT2D eigenvalue weighted by molar-refractivity contribution is -0.132. The fraction of sp³-hybridized carbons (Fsp3) is 0.312. The number of carboxylic acids is 1. The topological polar surface area (TPSA) is 49.3 Å². The van der Waals surface area contributed by atoms with Crippen molar-refractivity contribution in [2.45, 2.75) is 27.2 Å². The molecule has 1 atom stereocenters. The smallest absolute Gasteiger partial charge is 0.337 e. The van der Waals surface area contributed by atoms with Gasteiger partial charge in [0.15, 0.2) is 0 Å². The number of rotatable bonds is 3. The Balaban J connectivity index is 2.42. The zero-order valence-corrected chi connectivity index (χ0v) is 11.5. The molecule has 19 heavy (non-hydrogen) atoms. The van der Waals surface area contributed by atoms with E-state index in [1.165, 1.54) is 5.56 Å². The maximum atomic E-state index is 11.3. The lowest BCUT2D eigenvalue weighted by Crippen LogP contribution is -2.18. The number of allylic oxidation sites excluding steroid dienone is 2. The Morgan fingerprint density at radius 1 is 1.37 bits per heavy atom. The number of hydrogen-bond acceptors (Lipinski definition) is 2. The van der Waals surface area contributed by atoms with Crippen LogP contribution in [0.25, 0.3) is 0 Å². The zero-order chi connectivity index (χ0) is 14.0. The van der Waals surface area contributed by atoms with Crippen LogP contribution in [0.5, 0.6) is 0 Å². The third-order valence-corrected chi connectivity index (χ3v) is 3.66. The average Bonchev–Trinajstić information content (AvgIpc) is 2.36. The highest BCUT2D eigenvalue weighted by molar-refractivity contribution is 5.92. The van der Waals surface area contributed by atoms with Crippen LogP contribution in [0.1, 0.15) is 24.5 Å². The van der Waals surface area contributed by atoms with Gasteiger partial charge in [0, 0.05) is 17.3 Å². The standard InChI is InChI=1S/C16H19NO2/c1-10-6-5-9-14(12(10)3)17-15-11(2)7-4-8-13(15)16(18)19/h4-6,8-9,11,17H,7H2,1-3H3,(H,18,19). The van der Waals surface area contributed by atoms with E-state index in [1.54, 1.807) is 6.08 Å². The van der Waals surface area contributed by atoms with Gasteiger partial charge in [0.1, 0.15) is 0 Å². The Kier molecular flexibility index (Phi) is 3.74. The van der Waals surface area contributed by atoms with E-state index in [1.807, 2.05) is 32.1 Å². The monoisotopic (exact) mass is 257 g/mol. The largest absolute Gasteiger partial charge is 0.478 e. The van der Waals surface area contributed by atoms with Gasteiger partial charge < -0.3 is 10.4 Å². The summed E-state index contributed by atoms with van der Waals surface area (Å²) in [6.07, 6.45) is 4.47. The minimum Gasteiger partial charge on any atom is -0.478 e. The molecule has 0 spiro atoms. The minimum atomic E-state index is -0.879. The Morgan fingerprint density at radius 3 is 2.79 bits per heavy atom. The summed E-state index contributed by atoms with van der Waals surface area (Å²) in [4.78, 5) is 11.3. The molecule has 0 amide bonds. The summed E-state index contributed by atoms with van der Waals surface area (Å²) < 4.78 is 0. The van der Waals surface area contributed by atoms with Crippen LogP contribution in [-0.4, -0.2) is 11.1 Å². The van der Waals surface area contributed by atoms with Gasteiger partial charge in [-0.3, -0.25) is 0 Å². The predicted octanol–water partition coefficient (Wildman–Crippen LogP) is 3.65. The maximum Gasteiger partial charge on any atom is 0.337 e. The number of benzene rings is 1. The van der Waals surface area contributed by atoms with Crippen molar-refractivity contribution in [3.05, 3.63) is 52.7 Å². The van der Waals surface area contributed by atoms with Gasteiger partial charge in [-0.05, 0) is 43.5 Å². The molecule has 0 aliphatic heterocycles. The van der Waals surface area contributed by atoms with Crippen molar-refractivity contribution >= 4 is 11.7 Å². The van der Waals surface area contributed by atoms with Gasteiger partial charge >= 0.3 is 5.97 Å². The summed E-state index contributed by atoms with van der Waals surface area (Å²) in [5, 5.41) is 12.6. The van der Waals surface area contributed by atoms with E-state index in [4.69, 9.17) is 0 Å². The van der Waals surface area contributed by atoms with Crippen molar-refractivity contribution in [1.82, 2.24) is 0 Å². The van der Waals surface area contributed by atoms with Crippen LogP contribution in [0.3, 0.4) is 0 Å². The molecule has 1 unspecified atom stereocenters. The van der Waals surface area contributed by atoms with Crippen LogP contribution in [0.4, 0.5) is 5.69 Å². The number of aliphatic carboxylic acids is 1. The molecule has 2 rings (SSSR count). The minimum absolute atomic E-state index is 0.191. The average molecular weight is 257 g/mol. The molecule has 0 bridgehead atoms. The first-order valence-corrected chi connectivity index (χ1v) is 6.48. The molecule has 0 radical (unpaired) electrons. The van der Waals surface area contributed by atoms with Crippen molar-refractivity contribution in [3.8, 4) is 0 Å². The molecule has 3 nitrogen and oxygen atoms in total. The van der Waals surface area contributed by atoms with Gasteiger partial charge in [0.25, 0.3) is 0 Å². The van der Waals surface area contributed by atoms with Gasteiger partial charge in [0.05, 0.1) is 5.57 Å². The van der Waals surface area contributed by atoms with Gasteiger partial charge in [-0.15, -0.1) is 0 Å². The Morgan fingerprint density at radius 2 is 2.11 bits per heavy atom. The first-order chi connectivity index (χ1) is 9.00. The molecule has 0 saturated heterocycles. The maximum absolute atomic E-state index is 11.3. The van der Waals surface area contributed by atoms with Crippen molar-refractivity contribution in [1.29, 1.82) is 0 Å². The molecule has 0 fully saturated rings. The summed E-state index contributed by atoms with van der Waals surface area (Å²) >= 11 is 0. The predicted molar refractivity (Wildman–Crippen MR) is 77.1 cm³/mol. The van der Waals surface area contributed by atoms with Gasteiger partial charge in [-0.25, -0.2) is 4.79 Å². The Hall–Kier alpha value is -2.03. The van der Waals surface area contributed by atoms with E-state index in [-0.39, 0.29) is 5.92 Å². The number of carboxylic acid groups (broad SMARTS) is 1. The molecule has 100 valence electrons. The van der Waals surface area contributed by atoms with Crippen LogP contribution < -0.4 is 5.32 Å². The Labute approximate surface area is 113 Å². The quantitative estimate of drug-likeness (QED) is 0.869. The van der Waals surface area contributed by atoms with E-state index >= 15 is 0 Å². The van der Waals surface area contributed by atoms with Gasteiger partial charge in [-0.1, -0.05) is 25.1 Å². The summed E-state index contributed by atoms with van der Waals surface area (Å²) in [6, 6.07) is 6.02. The molecular formula is C16H19NO2. The number of aryl methyl sites for hydroxylation is 1.